The number of hydrogen-bond acceptors (Lipinski definition) is 4. The Hall–Kier alpha value is -1.91. The molecule has 1 aromatic rings. The third-order valence-corrected chi connectivity index (χ3v) is 4.12. The monoisotopic (exact) mass is 305 g/mol. The topological polar surface area (TPSA) is 67.6 Å². The van der Waals surface area contributed by atoms with Crippen molar-refractivity contribution in [3.05, 3.63) is 18.2 Å². The van der Waals surface area contributed by atoms with E-state index in [9.17, 15) is 4.79 Å². The maximum atomic E-state index is 12.2. The first-order chi connectivity index (χ1) is 10.4. The second-order valence-corrected chi connectivity index (χ2v) is 6.35. The van der Waals surface area contributed by atoms with Gasteiger partial charge in [-0.2, -0.15) is 0 Å². The highest BCUT2D eigenvalue weighted by Gasteiger charge is 2.30. The van der Waals surface area contributed by atoms with Crippen LogP contribution in [0.4, 0.5) is 11.4 Å². The fourth-order valence-corrected chi connectivity index (χ4v) is 2.57. The highest BCUT2D eigenvalue weighted by Crippen LogP contribution is 2.39. The van der Waals surface area contributed by atoms with Crippen LogP contribution < -0.4 is 20.7 Å². The number of rotatable bonds is 5. The zero-order chi connectivity index (χ0) is 16.3. The lowest BCUT2D eigenvalue weighted by atomic mass is 10.0. The fourth-order valence-electron chi connectivity index (χ4n) is 2.57. The third-order valence-electron chi connectivity index (χ3n) is 4.12. The number of nitrogens with two attached hydrogens (primary N) is 1. The van der Waals surface area contributed by atoms with Gasteiger partial charge in [-0.3, -0.25) is 4.79 Å². The Balaban J connectivity index is 2.20. The number of amides is 1. The molecule has 0 fully saturated rings. The molecule has 0 saturated carbocycles. The summed E-state index contributed by atoms with van der Waals surface area (Å²) < 4.78 is 6.03. The van der Waals surface area contributed by atoms with Crippen molar-refractivity contribution in [1.29, 1.82) is 0 Å². The van der Waals surface area contributed by atoms with Gasteiger partial charge in [0.2, 0.25) is 5.91 Å². The average Bonchev–Trinajstić information content (AvgIpc) is 2.46. The van der Waals surface area contributed by atoms with Crippen molar-refractivity contribution in [2.24, 2.45) is 5.92 Å². The summed E-state index contributed by atoms with van der Waals surface area (Å²) in [5, 5.41) is 3.01. The second kappa shape index (κ2) is 6.90. The number of anilines is 2. The summed E-state index contributed by atoms with van der Waals surface area (Å²) in [6.07, 6.45) is 0.980. The van der Waals surface area contributed by atoms with Crippen LogP contribution in [0.3, 0.4) is 0 Å². The number of carbonyl (C=O) groups excluding carboxylic acids is 1. The normalized spacial score (nSPS) is 18.6. The van der Waals surface area contributed by atoms with Gasteiger partial charge in [0.05, 0.1) is 18.8 Å². The molecule has 1 amide bonds. The minimum Gasteiger partial charge on any atom is -0.486 e. The van der Waals surface area contributed by atoms with E-state index in [1.165, 1.54) is 0 Å². The number of para-hydroxylation sites is 1. The van der Waals surface area contributed by atoms with E-state index in [1.807, 2.05) is 30.0 Å². The molecule has 0 radical (unpaired) electrons. The predicted molar refractivity (Wildman–Crippen MR) is 90.2 cm³/mol. The number of carbonyl (C=O) groups is 1. The number of ether oxygens (including phenoxy) is 1. The van der Waals surface area contributed by atoms with Crippen molar-refractivity contribution in [2.45, 2.75) is 46.3 Å². The van der Waals surface area contributed by atoms with E-state index >= 15 is 0 Å². The first kappa shape index (κ1) is 16.5. The Bertz CT molecular complexity index is 531. The van der Waals surface area contributed by atoms with Gasteiger partial charge in [-0.15, -0.1) is 0 Å². The lowest BCUT2D eigenvalue weighted by Gasteiger charge is -2.38. The van der Waals surface area contributed by atoms with Crippen molar-refractivity contribution in [1.82, 2.24) is 5.32 Å². The zero-order valence-corrected chi connectivity index (χ0v) is 13.9. The molecule has 1 aliphatic heterocycles. The van der Waals surface area contributed by atoms with Gasteiger partial charge < -0.3 is 20.7 Å². The van der Waals surface area contributed by atoms with Crippen LogP contribution >= 0.6 is 0 Å². The lowest BCUT2D eigenvalue weighted by Crippen LogP contribution is -2.48. The number of hydrogen-bond donors (Lipinski definition) is 2. The molecule has 5 nitrogen and oxygen atoms in total. The van der Waals surface area contributed by atoms with Crippen LogP contribution in [0.15, 0.2) is 18.2 Å². The van der Waals surface area contributed by atoms with Crippen LogP contribution in [0.5, 0.6) is 5.75 Å². The Morgan fingerprint density at radius 3 is 2.82 bits per heavy atom. The van der Waals surface area contributed by atoms with Crippen LogP contribution in [-0.2, 0) is 4.79 Å². The molecule has 0 aliphatic carbocycles. The highest BCUT2D eigenvalue weighted by molar-refractivity contribution is 5.85. The van der Waals surface area contributed by atoms with Crippen molar-refractivity contribution in [2.75, 3.05) is 23.7 Å². The first-order valence-corrected chi connectivity index (χ1v) is 8.01. The number of benzene rings is 1. The average molecular weight is 305 g/mol. The standard InChI is InChI=1S/C17H27N3O2/c1-5-12(4)19-16(21)10-20-9-15(11(2)3)22-14-8-6-7-13(18)17(14)20/h6-8,11-12,15H,5,9-10,18H2,1-4H3,(H,19,21). The second-order valence-electron chi connectivity index (χ2n) is 6.35. The largest absolute Gasteiger partial charge is 0.486 e. The van der Waals surface area contributed by atoms with E-state index in [0.29, 0.717) is 24.7 Å². The van der Waals surface area contributed by atoms with E-state index in [-0.39, 0.29) is 18.1 Å². The zero-order valence-electron chi connectivity index (χ0n) is 13.9. The Morgan fingerprint density at radius 2 is 2.18 bits per heavy atom. The van der Waals surface area contributed by atoms with Crippen LogP contribution in [-0.4, -0.2) is 31.1 Å². The summed E-state index contributed by atoms with van der Waals surface area (Å²) in [6.45, 7) is 9.29. The molecule has 122 valence electrons. The third kappa shape index (κ3) is 3.64. The summed E-state index contributed by atoms with van der Waals surface area (Å²) in [7, 11) is 0. The molecule has 2 atom stereocenters. The van der Waals surface area contributed by atoms with E-state index in [4.69, 9.17) is 10.5 Å². The van der Waals surface area contributed by atoms with Gasteiger partial charge in [0.1, 0.15) is 17.5 Å². The van der Waals surface area contributed by atoms with Gasteiger partial charge in [0.25, 0.3) is 0 Å². The van der Waals surface area contributed by atoms with Crippen molar-refractivity contribution >= 4 is 17.3 Å². The number of fused-ring (bicyclic) bond motifs is 1. The summed E-state index contributed by atoms with van der Waals surface area (Å²) in [6, 6.07) is 5.83. The molecule has 1 aromatic carbocycles. The maximum Gasteiger partial charge on any atom is 0.239 e. The Kier molecular flexibility index (Phi) is 5.16. The van der Waals surface area contributed by atoms with Gasteiger partial charge in [-0.25, -0.2) is 0 Å². The summed E-state index contributed by atoms with van der Waals surface area (Å²) in [4.78, 5) is 14.3. The minimum absolute atomic E-state index is 0.0213. The lowest BCUT2D eigenvalue weighted by molar-refractivity contribution is -0.120. The summed E-state index contributed by atoms with van der Waals surface area (Å²) >= 11 is 0. The number of nitrogen functional groups attached to an aromatic ring is 1. The minimum atomic E-state index is 0.0213. The van der Waals surface area contributed by atoms with E-state index in [2.05, 4.69) is 26.1 Å². The van der Waals surface area contributed by atoms with Gasteiger partial charge in [0, 0.05) is 6.04 Å². The van der Waals surface area contributed by atoms with Gasteiger partial charge in [-0.05, 0) is 31.4 Å². The van der Waals surface area contributed by atoms with Crippen LogP contribution in [0.1, 0.15) is 34.1 Å². The van der Waals surface area contributed by atoms with Gasteiger partial charge in [0.15, 0.2) is 0 Å². The molecule has 22 heavy (non-hydrogen) atoms. The quantitative estimate of drug-likeness (QED) is 0.820. The molecular weight excluding hydrogens is 278 g/mol. The van der Waals surface area contributed by atoms with Crippen LogP contribution in [0, 0.1) is 5.92 Å². The SMILES string of the molecule is CCC(C)NC(=O)CN1CC(C(C)C)Oc2cccc(N)c21. The van der Waals surface area contributed by atoms with E-state index in [1.54, 1.807) is 0 Å². The molecule has 0 spiro atoms. The molecule has 1 heterocycles. The van der Waals surface area contributed by atoms with Gasteiger partial charge in [-0.1, -0.05) is 26.8 Å². The van der Waals surface area contributed by atoms with Gasteiger partial charge >= 0.3 is 0 Å². The molecule has 5 heteroatoms. The first-order valence-electron chi connectivity index (χ1n) is 8.01. The molecule has 1 aliphatic rings. The van der Waals surface area contributed by atoms with Crippen molar-refractivity contribution in [3.8, 4) is 5.75 Å². The number of nitrogens with zero attached hydrogens (tertiary/aromatic N) is 1. The Labute approximate surface area is 132 Å². The summed E-state index contributed by atoms with van der Waals surface area (Å²) in [5.74, 6) is 1.16. The van der Waals surface area contributed by atoms with Crippen molar-refractivity contribution in [3.63, 3.8) is 0 Å². The molecule has 3 N–H and O–H groups in total. The molecule has 0 saturated heterocycles. The molecule has 2 unspecified atom stereocenters. The Morgan fingerprint density at radius 1 is 1.45 bits per heavy atom. The predicted octanol–water partition coefficient (Wildman–Crippen LogP) is 2.41. The number of nitrogens with one attached hydrogen (secondary N) is 1. The van der Waals surface area contributed by atoms with E-state index in [0.717, 1.165) is 17.9 Å². The molecule has 2 rings (SSSR count). The van der Waals surface area contributed by atoms with Crippen LogP contribution in [0.2, 0.25) is 0 Å². The summed E-state index contributed by atoms with van der Waals surface area (Å²) in [5.41, 5.74) is 7.58. The smallest absolute Gasteiger partial charge is 0.239 e. The fraction of sp³-hybridized carbons (Fsp3) is 0.588. The van der Waals surface area contributed by atoms with E-state index < -0.39 is 0 Å². The molecule has 0 aromatic heterocycles. The maximum absolute atomic E-state index is 12.2. The molecule has 0 bridgehead atoms. The van der Waals surface area contributed by atoms with Crippen molar-refractivity contribution < 1.29 is 9.53 Å². The van der Waals surface area contributed by atoms with Crippen LogP contribution in [0.25, 0.3) is 0 Å². The molecular formula is C17H27N3O2. The highest BCUT2D eigenvalue weighted by atomic mass is 16.5.